The van der Waals surface area contributed by atoms with Crippen molar-refractivity contribution in [1.29, 1.82) is 0 Å². The van der Waals surface area contributed by atoms with Gasteiger partial charge in [-0.05, 0) is 37.2 Å². The van der Waals surface area contributed by atoms with Crippen LogP contribution in [0.1, 0.15) is 19.8 Å². The minimum absolute atomic E-state index is 0.128. The van der Waals surface area contributed by atoms with Gasteiger partial charge in [-0.25, -0.2) is 0 Å². The average molecular weight is 345 g/mol. The number of hydrogen-bond donors (Lipinski definition) is 2. The van der Waals surface area contributed by atoms with Gasteiger partial charge >= 0.3 is 0 Å². The van der Waals surface area contributed by atoms with Crippen LogP contribution in [0.15, 0.2) is 33.6 Å². The molecule has 0 saturated heterocycles. The van der Waals surface area contributed by atoms with Crippen molar-refractivity contribution in [3.8, 4) is 0 Å². The van der Waals surface area contributed by atoms with Gasteiger partial charge in [0.1, 0.15) is 0 Å². The molecule has 5 heteroatoms. The van der Waals surface area contributed by atoms with Gasteiger partial charge < -0.3 is 10.6 Å². The Bertz CT molecular complexity index is 370. The molecule has 1 rings (SSSR count). The first kappa shape index (κ1) is 16.5. The van der Waals surface area contributed by atoms with Gasteiger partial charge in [-0.3, -0.25) is 4.79 Å². The second-order valence-electron chi connectivity index (χ2n) is 4.15. The summed E-state index contributed by atoms with van der Waals surface area (Å²) in [5, 5.41) is 6.17. The maximum absolute atomic E-state index is 11.6. The predicted octanol–water partition coefficient (Wildman–Crippen LogP) is 3.05. The summed E-state index contributed by atoms with van der Waals surface area (Å²) in [7, 11) is 0. The number of carbonyl (C=O) groups is 1. The number of halogens is 1. The van der Waals surface area contributed by atoms with Gasteiger partial charge in [0.05, 0.1) is 0 Å². The molecule has 0 radical (unpaired) electrons. The van der Waals surface area contributed by atoms with E-state index in [1.807, 2.05) is 12.1 Å². The van der Waals surface area contributed by atoms with Gasteiger partial charge in [0, 0.05) is 34.6 Å². The minimum atomic E-state index is 0.128. The molecule has 0 spiro atoms. The number of rotatable bonds is 9. The highest BCUT2D eigenvalue weighted by atomic mass is 79.9. The molecule has 0 aliphatic heterocycles. The molecule has 1 amide bonds. The van der Waals surface area contributed by atoms with Crippen molar-refractivity contribution in [3.63, 3.8) is 0 Å². The Morgan fingerprint density at radius 2 is 1.95 bits per heavy atom. The highest BCUT2D eigenvalue weighted by Gasteiger charge is 2.01. The summed E-state index contributed by atoms with van der Waals surface area (Å²) < 4.78 is 1.08. The van der Waals surface area contributed by atoms with Gasteiger partial charge in [0.15, 0.2) is 0 Å². The van der Waals surface area contributed by atoms with E-state index in [0.29, 0.717) is 13.0 Å². The number of nitrogens with one attached hydrogen (secondary N) is 2. The third-order valence-electron chi connectivity index (χ3n) is 2.46. The maximum Gasteiger partial charge on any atom is 0.220 e. The number of benzene rings is 1. The van der Waals surface area contributed by atoms with Gasteiger partial charge in [-0.2, -0.15) is 0 Å². The Kier molecular flexibility index (Phi) is 8.95. The Balaban J connectivity index is 2.05. The number of thioether (sulfide) groups is 1. The molecule has 0 aliphatic rings. The summed E-state index contributed by atoms with van der Waals surface area (Å²) in [4.78, 5) is 12.8. The normalized spacial score (nSPS) is 10.4. The van der Waals surface area contributed by atoms with Crippen LogP contribution in [0, 0.1) is 0 Å². The summed E-state index contributed by atoms with van der Waals surface area (Å²) in [6.45, 7) is 4.70. The van der Waals surface area contributed by atoms with Gasteiger partial charge in [-0.15, -0.1) is 11.8 Å². The average Bonchev–Trinajstić information content (AvgIpc) is 2.41. The highest BCUT2D eigenvalue weighted by molar-refractivity contribution is 9.10. The molecule has 0 saturated carbocycles. The summed E-state index contributed by atoms with van der Waals surface area (Å²) >= 11 is 5.11. The van der Waals surface area contributed by atoms with Crippen LogP contribution in [0.2, 0.25) is 0 Å². The molecule has 1 aromatic rings. The molecule has 0 unspecified atom stereocenters. The van der Waals surface area contributed by atoms with E-state index in [1.165, 1.54) is 4.90 Å². The Morgan fingerprint density at radius 3 is 2.63 bits per heavy atom. The first-order valence-corrected chi connectivity index (χ1v) is 8.36. The van der Waals surface area contributed by atoms with Crippen LogP contribution >= 0.6 is 27.7 Å². The summed E-state index contributed by atoms with van der Waals surface area (Å²) in [6, 6.07) is 8.15. The summed E-state index contributed by atoms with van der Waals surface area (Å²) in [5.41, 5.74) is 0. The van der Waals surface area contributed by atoms with Crippen LogP contribution in [0.3, 0.4) is 0 Å². The number of carbonyl (C=O) groups excluding carboxylic acids is 1. The molecule has 0 fully saturated rings. The lowest BCUT2D eigenvalue weighted by Gasteiger charge is -2.06. The quantitative estimate of drug-likeness (QED) is 0.534. The van der Waals surface area contributed by atoms with Gasteiger partial charge in [0.2, 0.25) is 5.91 Å². The first-order chi connectivity index (χ1) is 9.22. The Hall–Kier alpha value is -0.520. The summed E-state index contributed by atoms with van der Waals surface area (Å²) in [6.07, 6.45) is 1.69. The molecule has 0 heterocycles. The molecule has 0 atom stereocenters. The topological polar surface area (TPSA) is 41.1 Å². The fourth-order valence-electron chi connectivity index (χ4n) is 1.47. The van der Waals surface area contributed by atoms with E-state index in [0.717, 1.165) is 29.7 Å². The van der Waals surface area contributed by atoms with Crippen molar-refractivity contribution < 1.29 is 4.79 Å². The number of amides is 1. The molecule has 106 valence electrons. The lowest BCUT2D eigenvalue weighted by Crippen LogP contribution is -2.32. The third-order valence-corrected chi connectivity index (χ3v) is 4.00. The molecular weight excluding hydrogens is 324 g/mol. The molecule has 1 aromatic carbocycles. The minimum Gasteiger partial charge on any atom is -0.355 e. The summed E-state index contributed by atoms with van der Waals surface area (Å²) in [5.74, 6) is 0.943. The van der Waals surface area contributed by atoms with Crippen molar-refractivity contribution >= 4 is 33.6 Å². The second-order valence-corrected chi connectivity index (χ2v) is 6.24. The lowest BCUT2D eigenvalue weighted by molar-refractivity contribution is -0.120. The van der Waals surface area contributed by atoms with Crippen LogP contribution in [0.4, 0.5) is 0 Å². The van der Waals surface area contributed by atoms with Crippen molar-refractivity contribution in [2.75, 3.05) is 25.4 Å². The van der Waals surface area contributed by atoms with E-state index in [2.05, 4.69) is 45.6 Å². The second kappa shape index (κ2) is 10.3. The smallest absolute Gasteiger partial charge is 0.220 e. The zero-order valence-electron chi connectivity index (χ0n) is 11.2. The van der Waals surface area contributed by atoms with Crippen LogP contribution in [0.25, 0.3) is 0 Å². The standard InChI is InChI=1S/C14H21BrN2OS/c1-2-8-16-9-10-17-14(18)7-11-19-13-5-3-12(15)4-6-13/h3-6,16H,2,7-11H2,1H3,(H,17,18). The molecule has 3 nitrogen and oxygen atoms in total. The van der Waals surface area contributed by atoms with Crippen molar-refractivity contribution in [3.05, 3.63) is 28.7 Å². The van der Waals surface area contributed by atoms with E-state index in [4.69, 9.17) is 0 Å². The monoisotopic (exact) mass is 344 g/mol. The van der Waals surface area contributed by atoms with E-state index in [1.54, 1.807) is 11.8 Å². The largest absolute Gasteiger partial charge is 0.355 e. The molecule has 2 N–H and O–H groups in total. The SMILES string of the molecule is CCCNCCNC(=O)CCSc1ccc(Br)cc1. The molecule has 0 bridgehead atoms. The molecule has 0 aromatic heterocycles. The third kappa shape index (κ3) is 8.29. The molecule has 19 heavy (non-hydrogen) atoms. The van der Waals surface area contributed by atoms with Crippen molar-refractivity contribution in [2.45, 2.75) is 24.7 Å². The van der Waals surface area contributed by atoms with E-state index < -0.39 is 0 Å². The zero-order chi connectivity index (χ0) is 13.9. The van der Waals surface area contributed by atoms with Crippen LogP contribution in [-0.2, 0) is 4.79 Å². The maximum atomic E-state index is 11.6. The fourth-order valence-corrected chi connectivity index (χ4v) is 2.59. The highest BCUT2D eigenvalue weighted by Crippen LogP contribution is 2.20. The molecule has 0 aliphatic carbocycles. The molecular formula is C14H21BrN2OS. The van der Waals surface area contributed by atoms with Crippen molar-refractivity contribution in [1.82, 2.24) is 10.6 Å². The fraction of sp³-hybridized carbons (Fsp3) is 0.500. The van der Waals surface area contributed by atoms with Gasteiger partial charge in [0.25, 0.3) is 0 Å². The van der Waals surface area contributed by atoms with E-state index in [-0.39, 0.29) is 5.91 Å². The van der Waals surface area contributed by atoms with Gasteiger partial charge in [-0.1, -0.05) is 22.9 Å². The van der Waals surface area contributed by atoms with Crippen molar-refractivity contribution in [2.24, 2.45) is 0 Å². The zero-order valence-corrected chi connectivity index (χ0v) is 13.6. The Labute approximate surface area is 128 Å². The number of hydrogen-bond acceptors (Lipinski definition) is 3. The van der Waals surface area contributed by atoms with E-state index >= 15 is 0 Å². The predicted molar refractivity (Wildman–Crippen MR) is 85.7 cm³/mol. The lowest BCUT2D eigenvalue weighted by atomic mass is 10.4. The first-order valence-electron chi connectivity index (χ1n) is 6.58. The van der Waals surface area contributed by atoms with Crippen LogP contribution in [0.5, 0.6) is 0 Å². The van der Waals surface area contributed by atoms with Crippen LogP contribution < -0.4 is 10.6 Å². The van der Waals surface area contributed by atoms with E-state index in [9.17, 15) is 4.79 Å². The Morgan fingerprint density at radius 1 is 1.21 bits per heavy atom. The van der Waals surface area contributed by atoms with Crippen LogP contribution in [-0.4, -0.2) is 31.3 Å².